The van der Waals surface area contributed by atoms with Crippen LogP contribution in [0.4, 0.5) is 5.69 Å². The molecule has 0 aliphatic heterocycles. The van der Waals surface area contributed by atoms with Crippen molar-refractivity contribution in [2.24, 2.45) is 5.73 Å². The summed E-state index contributed by atoms with van der Waals surface area (Å²) in [5, 5.41) is 9.37. The highest BCUT2D eigenvalue weighted by atomic mass is 16.3. The zero-order valence-corrected chi connectivity index (χ0v) is 14.4. The summed E-state index contributed by atoms with van der Waals surface area (Å²) in [6.07, 6.45) is 1.52. The number of likely N-dealkylation sites (N-methyl/N-ethyl adjacent to an activating group) is 1. The van der Waals surface area contributed by atoms with Gasteiger partial charge in [0.15, 0.2) is 11.5 Å². The Kier molecular flexibility index (Phi) is 5.02. The van der Waals surface area contributed by atoms with E-state index in [1.165, 1.54) is 24.3 Å². The Balaban J connectivity index is 1.71. The van der Waals surface area contributed by atoms with Gasteiger partial charge in [-0.05, 0) is 30.3 Å². The maximum atomic E-state index is 12.4. The van der Waals surface area contributed by atoms with Gasteiger partial charge in [0.1, 0.15) is 5.69 Å². The van der Waals surface area contributed by atoms with E-state index >= 15 is 0 Å². The van der Waals surface area contributed by atoms with Crippen LogP contribution in [-0.2, 0) is 4.79 Å². The van der Waals surface area contributed by atoms with Crippen LogP contribution in [0.1, 0.15) is 20.8 Å². The van der Waals surface area contributed by atoms with Crippen LogP contribution in [0.5, 0.6) is 0 Å². The molecule has 2 aromatic heterocycles. The van der Waals surface area contributed by atoms with Gasteiger partial charge in [0, 0.05) is 24.4 Å². The highest BCUT2D eigenvalue weighted by molar-refractivity contribution is 6.04. The molecule has 0 aliphatic rings. The normalized spacial score (nSPS) is 10.4. The number of aromatic amines is 1. The number of rotatable bonds is 6. The number of aromatic nitrogens is 2. The van der Waals surface area contributed by atoms with Crippen molar-refractivity contribution in [3.8, 4) is 11.5 Å². The molecule has 0 unspecified atom stereocenters. The van der Waals surface area contributed by atoms with E-state index in [2.05, 4.69) is 15.5 Å². The first kappa shape index (κ1) is 17.9. The lowest BCUT2D eigenvalue weighted by Crippen LogP contribution is -2.35. The van der Waals surface area contributed by atoms with Gasteiger partial charge in [0.2, 0.25) is 5.91 Å². The van der Waals surface area contributed by atoms with E-state index in [0.29, 0.717) is 22.7 Å². The second-order valence-electron chi connectivity index (χ2n) is 5.81. The molecular weight excluding hydrogens is 350 g/mol. The number of amides is 3. The number of hydrogen-bond acceptors (Lipinski definition) is 5. The van der Waals surface area contributed by atoms with Crippen molar-refractivity contribution >= 4 is 23.4 Å². The molecule has 3 amide bonds. The minimum Gasteiger partial charge on any atom is -0.463 e. The maximum absolute atomic E-state index is 12.4. The Morgan fingerprint density at radius 2 is 2.04 bits per heavy atom. The predicted molar refractivity (Wildman–Crippen MR) is 96.8 cm³/mol. The molecule has 0 aliphatic carbocycles. The van der Waals surface area contributed by atoms with Crippen molar-refractivity contribution in [1.29, 1.82) is 0 Å². The first-order valence-corrected chi connectivity index (χ1v) is 7.98. The molecule has 138 valence electrons. The van der Waals surface area contributed by atoms with Gasteiger partial charge in [-0.1, -0.05) is 6.07 Å². The Hall–Kier alpha value is -3.88. The number of nitrogens with one attached hydrogen (secondary N) is 2. The summed E-state index contributed by atoms with van der Waals surface area (Å²) in [5.74, 6) is -0.878. The van der Waals surface area contributed by atoms with Crippen molar-refractivity contribution < 1.29 is 18.8 Å². The lowest BCUT2D eigenvalue weighted by atomic mass is 10.1. The van der Waals surface area contributed by atoms with Crippen LogP contribution >= 0.6 is 0 Å². The fourth-order valence-corrected chi connectivity index (χ4v) is 2.45. The number of carbonyl (C=O) groups is 3. The molecular formula is C18H17N5O4. The lowest BCUT2D eigenvalue weighted by molar-refractivity contribution is -0.118. The average Bonchev–Trinajstić information content (AvgIpc) is 3.32. The number of hydrogen-bond donors (Lipinski definition) is 3. The smallest absolute Gasteiger partial charge is 0.276 e. The van der Waals surface area contributed by atoms with Crippen molar-refractivity contribution in [2.45, 2.75) is 0 Å². The minimum atomic E-state index is -0.610. The van der Waals surface area contributed by atoms with Crippen LogP contribution in [0, 0.1) is 0 Å². The quantitative estimate of drug-likeness (QED) is 0.606. The van der Waals surface area contributed by atoms with Gasteiger partial charge < -0.3 is 20.4 Å². The van der Waals surface area contributed by atoms with E-state index in [0.717, 1.165) is 0 Å². The highest BCUT2D eigenvalue weighted by Crippen LogP contribution is 2.19. The number of furan rings is 1. The average molecular weight is 367 g/mol. The molecule has 0 saturated heterocycles. The Morgan fingerprint density at radius 3 is 2.74 bits per heavy atom. The molecule has 9 nitrogen and oxygen atoms in total. The van der Waals surface area contributed by atoms with Crippen LogP contribution in [-0.4, -0.2) is 46.4 Å². The van der Waals surface area contributed by atoms with Gasteiger partial charge in [0.05, 0.1) is 12.8 Å². The number of nitrogens with zero attached hydrogens (tertiary/aromatic N) is 2. The van der Waals surface area contributed by atoms with Crippen molar-refractivity contribution in [1.82, 2.24) is 15.1 Å². The summed E-state index contributed by atoms with van der Waals surface area (Å²) in [5.41, 5.74) is 6.57. The van der Waals surface area contributed by atoms with Crippen molar-refractivity contribution in [3.05, 3.63) is 60.0 Å². The van der Waals surface area contributed by atoms with Crippen molar-refractivity contribution in [3.63, 3.8) is 0 Å². The standard InChI is InChI=1S/C18H17N5O4/c1-23(10-16(19)24)18(26)11-4-2-5-12(8-11)20-17(25)14-9-13(21-22-14)15-6-3-7-27-15/h2-9H,10H2,1H3,(H2,19,24)(H,20,25)(H,21,22). The summed E-state index contributed by atoms with van der Waals surface area (Å²) in [7, 11) is 1.47. The van der Waals surface area contributed by atoms with E-state index in [-0.39, 0.29) is 18.1 Å². The molecule has 9 heteroatoms. The van der Waals surface area contributed by atoms with Gasteiger partial charge in [-0.3, -0.25) is 19.5 Å². The summed E-state index contributed by atoms with van der Waals surface area (Å²) in [4.78, 5) is 36.8. The summed E-state index contributed by atoms with van der Waals surface area (Å²) < 4.78 is 5.24. The zero-order chi connectivity index (χ0) is 19.4. The predicted octanol–water partition coefficient (Wildman–Crippen LogP) is 1.48. The molecule has 2 heterocycles. The zero-order valence-electron chi connectivity index (χ0n) is 14.4. The molecule has 4 N–H and O–H groups in total. The van der Waals surface area contributed by atoms with Crippen LogP contribution in [0.25, 0.3) is 11.5 Å². The van der Waals surface area contributed by atoms with Gasteiger partial charge in [-0.25, -0.2) is 0 Å². The Labute approximate surface area is 154 Å². The van der Waals surface area contributed by atoms with E-state index in [1.54, 1.807) is 36.4 Å². The SMILES string of the molecule is CN(CC(N)=O)C(=O)c1cccc(NC(=O)c2cc(-c3ccco3)[nH]n2)c1. The molecule has 0 bridgehead atoms. The van der Waals surface area contributed by atoms with Gasteiger partial charge >= 0.3 is 0 Å². The monoisotopic (exact) mass is 367 g/mol. The molecule has 0 radical (unpaired) electrons. The van der Waals surface area contributed by atoms with Gasteiger partial charge in [-0.2, -0.15) is 5.10 Å². The van der Waals surface area contributed by atoms with E-state index < -0.39 is 11.8 Å². The first-order valence-electron chi connectivity index (χ1n) is 7.98. The third-order valence-electron chi connectivity index (χ3n) is 3.70. The summed E-state index contributed by atoms with van der Waals surface area (Å²) in [6.45, 7) is -0.196. The molecule has 0 spiro atoms. The minimum absolute atomic E-state index is 0.170. The molecule has 27 heavy (non-hydrogen) atoms. The van der Waals surface area contributed by atoms with E-state index in [9.17, 15) is 14.4 Å². The van der Waals surface area contributed by atoms with Crippen LogP contribution in [0.3, 0.4) is 0 Å². The molecule has 0 atom stereocenters. The molecule has 3 rings (SSSR count). The molecule has 0 fully saturated rings. The Bertz CT molecular complexity index is 977. The third kappa shape index (κ3) is 4.21. The van der Waals surface area contributed by atoms with E-state index in [4.69, 9.17) is 10.2 Å². The Morgan fingerprint density at radius 1 is 1.22 bits per heavy atom. The van der Waals surface area contributed by atoms with Crippen molar-refractivity contribution in [2.75, 3.05) is 18.9 Å². The second kappa shape index (κ2) is 7.56. The number of anilines is 1. The fraction of sp³-hybridized carbons (Fsp3) is 0.111. The van der Waals surface area contributed by atoms with Gasteiger partial charge in [0.25, 0.3) is 11.8 Å². The van der Waals surface area contributed by atoms with Crippen LogP contribution in [0.15, 0.2) is 53.1 Å². The topological polar surface area (TPSA) is 134 Å². The largest absolute Gasteiger partial charge is 0.463 e. The lowest BCUT2D eigenvalue weighted by Gasteiger charge is -2.15. The number of primary amides is 1. The second-order valence-corrected chi connectivity index (χ2v) is 5.81. The highest BCUT2D eigenvalue weighted by Gasteiger charge is 2.16. The summed E-state index contributed by atoms with van der Waals surface area (Å²) >= 11 is 0. The van der Waals surface area contributed by atoms with E-state index in [1.807, 2.05) is 0 Å². The number of nitrogens with two attached hydrogens (primary N) is 1. The maximum Gasteiger partial charge on any atom is 0.276 e. The van der Waals surface area contributed by atoms with Crippen LogP contribution in [0.2, 0.25) is 0 Å². The number of carbonyl (C=O) groups excluding carboxylic acids is 3. The summed E-state index contributed by atoms with van der Waals surface area (Å²) in [6, 6.07) is 11.4. The molecule has 0 saturated carbocycles. The van der Waals surface area contributed by atoms with Crippen LogP contribution < -0.4 is 11.1 Å². The first-order chi connectivity index (χ1) is 12.9. The molecule has 3 aromatic rings. The molecule has 1 aromatic carbocycles. The number of H-pyrrole nitrogens is 1. The van der Waals surface area contributed by atoms with Gasteiger partial charge in [-0.15, -0.1) is 0 Å². The number of benzene rings is 1. The third-order valence-corrected chi connectivity index (χ3v) is 3.70. The fourth-order valence-electron chi connectivity index (χ4n) is 2.45.